The summed E-state index contributed by atoms with van der Waals surface area (Å²) in [4.78, 5) is 0. The lowest BCUT2D eigenvalue weighted by molar-refractivity contribution is 0.00578. The van der Waals surface area contributed by atoms with Crippen LogP contribution in [0, 0.1) is 0 Å². The van der Waals surface area contributed by atoms with Crippen molar-refractivity contribution in [1.29, 1.82) is 0 Å². The molecule has 0 aromatic heterocycles. The summed E-state index contributed by atoms with van der Waals surface area (Å²) in [7, 11) is -0.387. The first kappa shape index (κ1) is 12.6. The Hall–Kier alpha value is -0.835. The molecule has 0 bridgehead atoms. The van der Waals surface area contributed by atoms with E-state index < -0.39 is 0 Å². The maximum atomic E-state index is 6.19. The van der Waals surface area contributed by atoms with Gasteiger partial charge in [0.15, 0.2) is 0 Å². The van der Waals surface area contributed by atoms with E-state index in [4.69, 9.17) is 15.0 Å². The van der Waals surface area contributed by atoms with Crippen LogP contribution < -0.4 is 5.73 Å². The van der Waals surface area contributed by atoms with E-state index in [0.29, 0.717) is 0 Å². The van der Waals surface area contributed by atoms with E-state index >= 15 is 0 Å². The molecule has 1 atom stereocenters. The minimum absolute atomic E-state index is 0.253. The zero-order valence-corrected chi connectivity index (χ0v) is 10.9. The molecule has 2 N–H and O–H groups in total. The van der Waals surface area contributed by atoms with E-state index in [9.17, 15) is 0 Å². The van der Waals surface area contributed by atoms with Gasteiger partial charge in [-0.25, -0.2) is 0 Å². The highest BCUT2D eigenvalue weighted by molar-refractivity contribution is 6.47. The fourth-order valence-electron chi connectivity index (χ4n) is 1.87. The van der Waals surface area contributed by atoms with E-state index in [1.54, 1.807) is 0 Å². The van der Waals surface area contributed by atoms with Crippen LogP contribution in [0.5, 0.6) is 0 Å². The van der Waals surface area contributed by atoms with Crippen molar-refractivity contribution in [2.75, 3.05) is 0 Å². The number of hydrogen-bond acceptors (Lipinski definition) is 3. The minimum atomic E-state index is -0.387. The molecule has 0 unspecified atom stereocenters. The van der Waals surface area contributed by atoms with Crippen LogP contribution in [0.1, 0.15) is 39.2 Å². The second-order valence-corrected chi connectivity index (χ2v) is 5.56. The third-order valence-corrected chi connectivity index (χ3v) is 3.75. The third-order valence-electron chi connectivity index (χ3n) is 3.75. The molecule has 1 aliphatic heterocycles. The fourth-order valence-corrected chi connectivity index (χ4v) is 1.87. The van der Waals surface area contributed by atoms with Crippen LogP contribution in [0.2, 0.25) is 0 Å². The second-order valence-electron chi connectivity index (χ2n) is 5.56. The number of rotatable bonds is 2. The average molecular weight is 233 g/mol. The highest BCUT2D eigenvalue weighted by Gasteiger charge is 2.53. The smallest absolute Gasteiger partial charge is 0.402 e. The van der Waals surface area contributed by atoms with Crippen LogP contribution in [0.4, 0.5) is 0 Å². The lowest BCUT2D eigenvalue weighted by Gasteiger charge is -2.32. The Bertz CT molecular complexity index is 376. The van der Waals surface area contributed by atoms with Gasteiger partial charge in [-0.15, -0.1) is 0 Å². The van der Waals surface area contributed by atoms with Gasteiger partial charge in [0.2, 0.25) is 0 Å². The first-order valence-electron chi connectivity index (χ1n) is 6.00. The molecule has 17 heavy (non-hydrogen) atoms. The Balaban J connectivity index is 2.17. The van der Waals surface area contributed by atoms with Crippen LogP contribution >= 0.6 is 0 Å². The van der Waals surface area contributed by atoms with Crippen molar-refractivity contribution in [2.24, 2.45) is 5.73 Å². The van der Waals surface area contributed by atoms with Gasteiger partial charge in [0.25, 0.3) is 0 Å². The lowest BCUT2D eigenvalue weighted by atomic mass is 9.75. The average Bonchev–Trinajstić information content (AvgIpc) is 2.48. The molecule has 1 aliphatic rings. The Morgan fingerprint density at radius 1 is 1.00 bits per heavy atom. The van der Waals surface area contributed by atoms with Crippen LogP contribution in [0.3, 0.4) is 0 Å². The van der Waals surface area contributed by atoms with Gasteiger partial charge in [-0.1, -0.05) is 30.3 Å². The van der Waals surface area contributed by atoms with Crippen molar-refractivity contribution in [3.63, 3.8) is 0 Å². The molecule has 1 saturated heterocycles. The predicted molar refractivity (Wildman–Crippen MR) is 69.5 cm³/mol. The molecule has 4 heteroatoms. The van der Waals surface area contributed by atoms with Crippen molar-refractivity contribution < 1.29 is 9.31 Å². The Morgan fingerprint density at radius 3 is 1.94 bits per heavy atom. The standard InChI is InChI=1S/C13H20BNO2/c1-12(2)13(3,4)17-14(16-12)11(15)10-8-6-5-7-9-10/h5-9,11H,15H2,1-4H3/t11-/m1/s1. The third kappa shape index (κ3) is 2.25. The SMILES string of the molecule is CC1(C)OB([C@H](N)c2ccccc2)OC1(C)C. The number of hydrogen-bond donors (Lipinski definition) is 1. The summed E-state index contributed by atoms with van der Waals surface area (Å²) in [5.74, 6) is -0.253. The van der Waals surface area contributed by atoms with Gasteiger partial charge in [0, 0.05) is 0 Å². The number of nitrogens with two attached hydrogens (primary N) is 1. The van der Waals surface area contributed by atoms with E-state index in [0.717, 1.165) is 5.56 Å². The molecule has 3 nitrogen and oxygen atoms in total. The van der Waals surface area contributed by atoms with Crippen molar-refractivity contribution in [1.82, 2.24) is 0 Å². The normalized spacial score (nSPS) is 23.7. The Morgan fingerprint density at radius 2 is 1.47 bits per heavy atom. The molecule has 2 rings (SSSR count). The quantitative estimate of drug-likeness (QED) is 0.797. The lowest BCUT2D eigenvalue weighted by Crippen LogP contribution is -2.41. The van der Waals surface area contributed by atoms with E-state index in [1.165, 1.54) is 0 Å². The van der Waals surface area contributed by atoms with Crippen molar-refractivity contribution in [2.45, 2.75) is 44.8 Å². The number of benzene rings is 1. The molecule has 0 spiro atoms. The molecule has 1 fully saturated rings. The predicted octanol–water partition coefficient (Wildman–Crippen LogP) is 2.32. The highest BCUT2D eigenvalue weighted by atomic mass is 16.7. The molecule has 1 aromatic carbocycles. The van der Waals surface area contributed by atoms with Gasteiger partial charge in [0.05, 0.1) is 17.1 Å². The van der Waals surface area contributed by atoms with Crippen LogP contribution in [-0.2, 0) is 9.31 Å². The summed E-state index contributed by atoms with van der Waals surface area (Å²) in [6, 6.07) is 9.91. The van der Waals surface area contributed by atoms with Crippen LogP contribution in [0.15, 0.2) is 30.3 Å². The second kappa shape index (κ2) is 4.12. The Kier molecular flexibility index (Phi) is 3.06. The topological polar surface area (TPSA) is 44.5 Å². The van der Waals surface area contributed by atoms with Gasteiger partial charge >= 0.3 is 7.12 Å². The summed E-state index contributed by atoms with van der Waals surface area (Å²) < 4.78 is 11.9. The maximum Gasteiger partial charge on any atom is 0.480 e. The summed E-state index contributed by atoms with van der Waals surface area (Å²) in [6.07, 6.45) is 0. The van der Waals surface area contributed by atoms with Gasteiger partial charge in [0.1, 0.15) is 0 Å². The van der Waals surface area contributed by atoms with Crippen molar-refractivity contribution in [3.05, 3.63) is 35.9 Å². The van der Waals surface area contributed by atoms with E-state index in [-0.39, 0.29) is 24.3 Å². The molecular weight excluding hydrogens is 213 g/mol. The van der Waals surface area contributed by atoms with Gasteiger partial charge in [-0.05, 0) is 33.3 Å². The summed E-state index contributed by atoms with van der Waals surface area (Å²) >= 11 is 0. The zero-order valence-electron chi connectivity index (χ0n) is 10.9. The van der Waals surface area contributed by atoms with E-state index in [1.807, 2.05) is 58.0 Å². The van der Waals surface area contributed by atoms with E-state index in [2.05, 4.69) is 0 Å². The molecule has 1 aromatic rings. The largest absolute Gasteiger partial charge is 0.480 e. The first-order valence-corrected chi connectivity index (χ1v) is 6.00. The molecule has 0 amide bonds. The molecule has 0 radical (unpaired) electrons. The molecule has 0 saturated carbocycles. The Labute approximate surface area is 103 Å². The summed E-state index contributed by atoms with van der Waals surface area (Å²) in [5.41, 5.74) is 6.57. The summed E-state index contributed by atoms with van der Waals surface area (Å²) in [6.45, 7) is 8.13. The first-order chi connectivity index (χ1) is 7.83. The van der Waals surface area contributed by atoms with Crippen LogP contribution in [-0.4, -0.2) is 18.3 Å². The van der Waals surface area contributed by atoms with Gasteiger partial charge in [-0.3, -0.25) is 0 Å². The maximum absolute atomic E-state index is 6.19. The van der Waals surface area contributed by atoms with Gasteiger partial charge < -0.3 is 15.0 Å². The summed E-state index contributed by atoms with van der Waals surface area (Å²) in [5, 5.41) is 0. The highest BCUT2D eigenvalue weighted by Crippen LogP contribution is 2.39. The van der Waals surface area contributed by atoms with Crippen molar-refractivity contribution in [3.8, 4) is 0 Å². The molecule has 1 heterocycles. The van der Waals surface area contributed by atoms with Crippen LogP contribution in [0.25, 0.3) is 0 Å². The zero-order chi connectivity index (χ0) is 12.7. The van der Waals surface area contributed by atoms with Crippen molar-refractivity contribution >= 4 is 7.12 Å². The fraction of sp³-hybridized carbons (Fsp3) is 0.538. The van der Waals surface area contributed by atoms with Gasteiger partial charge in [-0.2, -0.15) is 0 Å². The molecule has 92 valence electrons. The molecule has 0 aliphatic carbocycles. The minimum Gasteiger partial charge on any atom is -0.402 e. The monoisotopic (exact) mass is 233 g/mol. The molecular formula is C13H20BNO2.